The van der Waals surface area contributed by atoms with Gasteiger partial charge in [0.15, 0.2) is 5.58 Å². The molecule has 4 nitrogen and oxygen atoms in total. The molecular weight excluding hydrogens is 204 g/mol. The summed E-state index contributed by atoms with van der Waals surface area (Å²) in [6.07, 6.45) is -0.157. The Labute approximate surface area is 94.1 Å². The van der Waals surface area contributed by atoms with Crippen LogP contribution in [0.25, 0.3) is 11.1 Å². The quantitative estimate of drug-likeness (QED) is 0.828. The van der Waals surface area contributed by atoms with Gasteiger partial charge in [-0.15, -0.1) is 0 Å². The molecule has 0 bridgehead atoms. The Balaban J connectivity index is 2.43. The highest BCUT2D eigenvalue weighted by molar-refractivity contribution is 5.76. The molecule has 2 unspecified atom stereocenters. The van der Waals surface area contributed by atoms with E-state index in [0.717, 1.165) is 16.7 Å². The number of rotatable bonds is 3. The predicted octanol–water partition coefficient (Wildman–Crippen LogP) is 1.91. The van der Waals surface area contributed by atoms with Gasteiger partial charge in [0.25, 0.3) is 0 Å². The fraction of sp³-hybridized carbons (Fsp3) is 0.417. The first-order valence-corrected chi connectivity index (χ1v) is 5.43. The lowest BCUT2D eigenvalue weighted by molar-refractivity contribution is 0.116. The molecule has 1 aromatic carbocycles. The lowest BCUT2D eigenvalue weighted by atomic mass is 10.1. The van der Waals surface area contributed by atoms with E-state index in [0.29, 0.717) is 12.3 Å². The molecule has 4 heteroatoms. The van der Waals surface area contributed by atoms with Crippen LogP contribution in [0.15, 0.2) is 22.6 Å². The Morgan fingerprint density at radius 2 is 2.25 bits per heavy atom. The molecule has 0 saturated carbocycles. The number of para-hydroxylation sites is 1. The number of aliphatic hydroxyl groups excluding tert-OH is 1. The number of nitrogens with zero attached hydrogens (tertiary/aromatic N) is 1. The van der Waals surface area contributed by atoms with Gasteiger partial charge in [-0.3, -0.25) is 0 Å². The molecule has 2 aromatic rings. The molecule has 16 heavy (non-hydrogen) atoms. The third-order valence-electron chi connectivity index (χ3n) is 2.76. The number of aryl methyl sites for hydroxylation is 1. The molecule has 0 saturated heterocycles. The molecule has 0 aliphatic heterocycles. The van der Waals surface area contributed by atoms with Gasteiger partial charge in [0.05, 0.1) is 0 Å². The highest BCUT2D eigenvalue weighted by Gasteiger charge is 2.21. The highest BCUT2D eigenvalue weighted by atomic mass is 16.4. The van der Waals surface area contributed by atoms with Crippen LogP contribution in [0.5, 0.6) is 0 Å². The van der Waals surface area contributed by atoms with Crippen molar-refractivity contribution >= 4 is 11.1 Å². The van der Waals surface area contributed by atoms with Gasteiger partial charge in [0, 0.05) is 6.04 Å². The zero-order chi connectivity index (χ0) is 11.7. The maximum atomic E-state index is 9.90. The zero-order valence-electron chi connectivity index (χ0n) is 9.47. The van der Waals surface area contributed by atoms with E-state index in [-0.39, 0.29) is 6.04 Å². The normalized spacial score (nSPS) is 15.2. The molecule has 1 aromatic heterocycles. The Bertz CT molecular complexity index is 493. The number of nitrogens with two attached hydrogens (primary N) is 1. The van der Waals surface area contributed by atoms with Gasteiger partial charge in [-0.1, -0.05) is 19.1 Å². The Morgan fingerprint density at radius 1 is 1.50 bits per heavy atom. The van der Waals surface area contributed by atoms with Crippen LogP contribution >= 0.6 is 0 Å². The summed E-state index contributed by atoms with van der Waals surface area (Å²) in [5.41, 5.74) is 8.25. The Hall–Kier alpha value is -1.39. The number of fused-ring (bicyclic) bond motifs is 1. The molecule has 1 heterocycles. The molecule has 2 atom stereocenters. The number of aliphatic hydroxyl groups is 1. The molecular formula is C12H16N2O2. The second-order valence-electron chi connectivity index (χ2n) is 3.99. The van der Waals surface area contributed by atoms with E-state index >= 15 is 0 Å². The van der Waals surface area contributed by atoms with Gasteiger partial charge < -0.3 is 15.3 Å². The summed E-state index contributed by atoms with van der Waals surface area (Å²) in [4.78, 5) is 4.25. The molecule has 2 rings (SSSR count). The van der Waals surface area contributed by atoms with Crippen LogP contribution in [0.4, 0.5) is 0 Å². The number of hydrogen-bond donors (Lipinski definition) is 2. The van der Waals surface area contributed by atoms with Crippen molar-refractivity contribution in [3.63, 3.8) is 0 Å². The second kappa shape index (κ2) is 4.23. The van der Waals surface area contributed by atoms with Gasteiger partial charge in [0.2, 0.25) is 5.89 Å². The number of aromatic nitrogens is 1. The third kappa shape index (κ3) is 1.81. The van der Waals surface area contributed by atoms with Crippen molar-refractivity contribution < 1.29 is 9.52 Å². The van der Waals surface area contributed by atoms with Crippen LogP contribution in [0.1, 0.15) is 30.9 Å². The minimum Gasteiger partial charge on any atom is -0.437 e. The topological polar surface area (TPSA) is 72.3 Å². The van der Waals surface area contributed by atoms with Crippen molar-refractivity contribution in [3.8, 4) is 0 Å². The minimum atomic E-state index is -0.836. The van der Waals surface area contributed by atoms with Gasteiger partial charge in [-0.05, 0) is 25.0 Å². The number of oxazole rings is 1. The zero-order valence-corrected chi connectivity index (χ0v) is 9.47. The van der Waals surface area contributed by atoms with Crippen molar-refractivity contribution in [2.45, 2.75) is 32.4 Å². The van der Waals surface area contributed by atoms with Gasteiger partial charge in [-0.25, -0.2) is 4.98 Å². The van der Waals surface area contributed by atoms with Gasteiger partial charge >= 0.3 is 0 Å². The first-order valence-electron chi connectivity index (χ1n) is 5.43. The lowest BCUT2D eigenvalue weighted by Gasteiger charge is -2.12. The summed E-state index contributed by atoms with van der Waals surface area (Å²) in [7, 11) is 0. The van der Waals surface area contributed by atoms with E-state index in [9.17, 15) is 5.11 Å². The first kappa shape index (κ1) is 11.1. The molecule has 0 radical (unpaired) electrons. The highest BCUT2D eigenvalue weighted by Crippen LogP contribution is 2.24. The Kier molecular flexibility index (Phi) is 2.94. The largest absolute Gasteiger partial charge is 0.437 e. The van der Waals surface area contributed by atoms with E-state index in [4.69, 9.17) is 10.2 Å². The maximum Gasteiger partial charge on any atom is 0.225 e. The van der Waals surface area contributed by atoms with Crippen molar-refractivity contribution in [2.75, 3.05) is 0 Å². The fourth-order valence-electron chi connectivity index (χ4n) is 1.64. The molecule has 0 amide bonds. The minimum absolute atomic E-state index is 0.304. The Morgan fingerprint density at radius 3 is 2.88 bits per heavy atom. The molecule has 0 fully saturated rings. The summed E-state index contributed by atoms with van der Waals surface area (Å²) >= 11 is 0. The first-order chi connectivity index (χ1) is 7.63. The third-order valence-corrected chi connectivity index (χ3v) is 2.76. The molecule has 86 valence electrons. The van der Waals surface area contributed by atoms with Crippen LogP contribution in [0.2, 0.25) is 0 Å². The van der Waals surface area contributed by atoms with E-state index in [2.05, 4.69) is 4.98 Å². The summed E-state index contributed by atoms with van der Waals surface area (Å²) in [6, 6.07) is 5.38. The standard InChI is InChI=1S/C12H16N2O2/c1-3-8(13)10(15)12-14-9-6-4-5-7(2)11(9)16-12/h4-6,8,10,15H,3,13H2,1-2H3. The second-order valence-corrected chi connectivity index (χ2v) is 3.99. The molecule has 0 aliphatic carbocycles. The summed E-state index contributed by atoms with van der Waals surface area (Å²) in [6.45, 7) is 3.87. The van der Waals surface area contributed by atoms with Crippen LogP contribution in [0.3, 0.4) is 0 Å². The van der Waals surface area contributed by atoms with Crippen LogP contribution in [-0.4, -0.2) is 16.1 Å². The predicted molar refractivity (Wildman–Crippen MR) is 62.0 cm³/mol. The van der Waals surface area contributed by atoms with Gasteiger partial charge in [0.1, 0.15) is 11.6 Å². The van der Waals surface area contributed by atoms with E-state index in [1.165, 1.54) is 0 Å². The van der Waals surface area contributed by atoms with Crippen molar-refractivity contribution in [1.82, 2.24) is 4.98 Å². The van der Waals surface area contributed by atoms with Gasteiger partial charge in [-0.2, -0.15) is 0 Å². The lowest BCUT2D eigenvalue weighted by Crippen LogP contribution is -2.27. The summed E-state index contributed by atoms with van der Waals surface area (Å²) in [5.74, 6) is 0.304. The average Bonchev–Trinajstić information content (AvgIpc) is 2.72. The van der Waals surface area contributed by atoms with Crippen LogP contribution in [-0.2, 0) is 0 Å². The van der Waals surface area contributed by atoms with E-state index in [1.807, 2.05) is 32.0 Å². The molecule has 3 N–H and O–H groups in total. The van der Waals surface area contributed by atoms with Crippen molar-refractivity contribution in [1.29, 1.82) is 0 Å². The van der Waals surface area contributed by atoms with E-state index in [1.54, 1.807) is 0 Å². The average molecular weight is 220 g/mol. The maximum absolute atomic E-state index is 9.90. The fourth-order valence-corrected chi connectivity index (χ4v) is 1.64. The number of benzene rings is 1. The van der Waals surface area contributed by atoms with Crippen LogP contribution in [0, 0.1) is 6.92 Å². The molecule has 0 aliphatic rings. The molecule has 0 spiro atoms. The van der Waals surface area contributed by atoms with Crippen LogP contribution < -0.4 is 5.73 Å². The summed E-state index contributed by atoms with van der Waals surface area (Å²) < 4.78 is 5.54. The van der Waals surface area contributed by atoms with Crippen molar-refractivity contribution in [3.05, 3.63) is 29.7 Å². The SMILES string of the molecule is CCC(N)C(O)c1nc2cccc(C)c2o1. The smallest absolute Gasteiger partial charge is 0.225 e. The summed E-state index contributed by atoms with van der Waals surface area (Å²) in [5, 5.41) is 9.90. The number of hydrogen-bond acceptors (Lipinski definition) is 4. The van der Waals surface area contributed by atoms with Crippen molar-refractivity contribution in [2.24, 2.45) is 5.73 Å². The van der Waals surface area contributed by atoms with E-state index < -0.39 is 6.10 Å². The monoisotopic (exact) mass is 220 g/mol.